The van der Waals surface area contributed by atoms with E-state index in [2.05, 4.69) is 28.5 Å². The zero-order chi connectivity index (χ0) is 22.7. The van der Waals surface area contributed by atoms with Crippen molar-refractivity contribution in [2.75, 3.05) is 0 Å². The molecule has 0 radical (unpaired) electrons. The van der Waals surface area contributed by atoms with Crippen LogP contribution in [0, 0.1) is 33.3 Å². The van der Waals surface area contributed by atoms with Crippen LogP contribution in [0.5, 0.6) is 0 Å². The summed E-state index contributed by atoms with van der Waals surface area (Å²) in [4.78, 5) is 3.61. The fourth-order valence-electron chi connectivity index (χ4n) is 4.03. The Kier molecular flexibility index (Phi) is 4.08. The standard InChI is InChI=1S/C26H27N2O/c1-15(2)10-19-12-18(5)28(7)23(13-19)24-16(3)8-9-21-22-14-20(27-6)11-17(4)25(22)29-26(21)24/h8-9,11-15H,10H2,1-5,7H3/q+1/i10D2. The lowest BCUT2D eigenvalue weighted by Gasteiger charge is -2.11. The van der Waals surface area contributed by atoms with Crippen LogP contribution in [0.25, 0.3) is 38.0 Å². The molecule has 4 rings (SSSR count). The van der Waals surface area contributed by atoms with Crippen LogP contribution in [0.1, 0.15) is 39.0 Å². The van der Waals surface area contributed by atoms with Gasteiger partial charge in [0.25, 0.3) is 0 Å². The molecule has 0 fully saturated rings. The lowest BCUT2D eigenvalue weighted by molar-refractivity contribution is -0.666. The van der Waals surface area contributed by atoms with Gasteiger partial charge in [0.15, 0.2) is 11.4 Å². The highest BCUT2D eigenvalue weighted by atomic mass is 16.3. The molecule has 0 amide bonds. The maximum atomic E-state index is 8.63. The summed E-state index contributed by atoms with van der Waals surface area (Å²) >= 11 is 0. The summed E-state index contributed by atoms with van der Waals surface area (Å²) in [7, 11) is 2.00. The maximum absolute atomic E-state index is 8.63. The van der Waals surface area contributed by atoms with Crippen molar-refractivity contribution in [3.63, 3.8) is 0 Å². The molecule has 2 aromatic carbocycles. The molecule has 3 heteroatoms. The highest BCUT2D eigenvalue weighted by Crippen LogP contribution is 2.39. The van der Waals surface area contributed by atoms with Crippen LogP contribution in [0.4, 0.5) is 5.69 Å². The van der Waals surface area contributed by atoms with Crippen molar-refractivity contribution in [1.29, 1.82) is 0 Å². The normalized spacial score (nSPS) is 13.0. The van der Waals surface area contributed by atoms with Crippen LogP contribution < -0.4 is 4.57 Å². The molecule has 29 heavy (non-hydrogen) atoms. The molecule has 0 bridgehead atoms. The van der Waals surface area contributed by atoms with Gasteiger partial charge >= 0.3 is 0 Å². The van der Waals surface area contributed by atoms with E-state index in [1.165, 1.54) is 0 Å². The van der Waals surface area contributed by atoms with E-state index in [0.717, 1.165) is 50.0 Å². The van der Waals surface area contributed by atoms with Crippen molar-refractivity contribution in [2.45, 2.75) is 41.0 Å². The zero-order valence-corrected chi connectivity index (χ0v) is 17.8. The molecule has 0 unspecified atom stereocenters. The molecule has 0 saturated carbocycles. The second kappa shape index (κ2) is 7.04. The van der Waals surface area contributed by atoms with E-state index in [1.807, 2.05) is 59.0 Å². The van der Waals surface area contributed by atoms with Gasteiger partial charge in [0.05, 0.1) is 12.1 Å². The van der Waals surface area contributed by atoms with Crippen LogP contribution in [-0.2, 0) is 13.4 Å². The minimum atomic E-state index is -1.44. The Morgan fingerprint density at radius 2 is 1.79 bits per heavy atom. The summed E-state index contributed by atoms with van der Waals surface area (Å²) in [6.07, 6.45) is -1.44. The lowest BCUT2D eigenvalue weighted by atomic mass is 9.96. The number of hydrogen-bond acceptors (Lipinski definition) is 1. The molecule has 2 heterocycles. The molecule has 0 saturated heterocycles. The quantitative estimate of drug-likeness (QED) is 0.282. The van der Waals surface area contributed by atoms with E-state index >= 15 is 0 Å². The molecule has 0 spiro atoms. The molecule has 0 N–H and O–H groups in total. The molecule has 0 atom stereocenters. The topological polar surface area (TPSA) is 21.4 Å². The highest BCUT2D eigenvalue weighted by molar-refractivity contribution is 6.11. The van der Waals surface area contributed by atoms with E-state index < -0.39 is 6.37 Å². The van der Waals surface area contributed by atoms with E-state index in [-0.39, 0.29) is 5.92 Å². The summed E-state index contributed by atoms with van der Waals surface area (Å²) in [5.74, 6) is -0.148. The van der Waals surface area contributed by atoms with Gasteiger partial charge in [-0.3, -0.25) is 0 Å². The first-order valence-corrected chi connectivity index (χ1v) is 9.91. The van der Waals surface area contributed by atoms with Gasteiger partial charge in [0.1, 0.15) is 18.2 Å². The smallest absolute Gasteiger partial charge is 0.216 e. The van der Waals surface area contributed by atoms with E-state index in [1.54, 1.807) is 0 Å². The molecule has 146 valence electrons. The van der Waals surface area contributed by atoms with Gasteiger partial charge in [-0.2, -0.15) is 4.57 Å². The van der Waals surface area contributed by atoms with Gasteiger partial charge in [0, 0.05) is 32.6 Å². The number of hydrogen-bond donors (Lipinski definition) is 0. The third-order valence-electron chi connectivity index (χ3n) is 5.51. The SMILES string of the molecule is [2H]C([2H])(c1cc(C)[n+](C)c(-c2c(C)ccc3c2oc2c(C)cc([N+]#[C-])cc23)c1)C(C)C. The molecule has 0 aliphatic carbocycles. The number of rotatable bonds is 3. The van der Waals surface area contributed by atoms with Crippen LogP contribution in [0.15, 0.2) is 40.8 Å². The number of pyridine rings is 1. The fraction of sp³-hybridized carbons (Fsp3) is 0.308. The molecular formula is C26H27N2O+. The number of aryl methyl sites for hydroxylation is 3. The zero-order valence-electron chi connectivity index (χ0n) is 19.8. The summed E-state index contributed by atoms with van der Waals surface area (Å²) in [5.41, 5.74) is 7.71. The van der Waals surface area contributed by atoms with Crippen molar-refractivity contribution in [2.24, 2.45) is 13.0 Å². The van der Waals surface area contributed by atoms with Crippen molar-refractivity contribution >= 4 is 27.6 Å². The number of furan rings is 1. The average Bonchev–Trinajstić information content (AvgIpc) is 3.09. The predicted octanol–water partition coefficient (Wildman–Crippen LogP) is 6.75. The van der Waals surface area contributed by atoms with Crippen LogP contribution in [-0.4, -0.2) is 0 Å². The number of aromatic nitrogens is 1. The lowest BCUT2D eigenvalue weighted by Crippen LogP contribution is -2.35. The Balaban J connectivity index is 2.11. The molecular weight excluding hydrogens is 356 g/mol. The first kappa shape index (κ1) is 16.8. The first-order chi connectivity index (χ1) is 14.6. The third-order valence-corrected chi connectivity index (χ3v) is 5.51. The molecule has 0 aliphatic rings. The van der Waals surface area contributed by atoms with Gasteiger partial charge in [-0.1, -0.05) is 26.0 Å². The molecule has 0 aliphatic heterocycles. The summed E-state index contributed by atoms with van der Waals surface area (Å²) in [6.45, 7) is 17.3. The van der Waals surface area contributed by atoms with E-state index in [0.29, 0.717) is 11.3 Å². The number of nitrogens with zero attached hydrogens (tertiary/aromatic N) is 2. The maximum Gasteiger partial charge on any atom is 0.216 e. The van der Waals surface area contributed by atoms with Crippen molar-refractivity contribution in [3.05, 3.63) is 70.2 Å². The van der Waals surface area contributed by atoms with Crippen LogP contribution in [0.2, 0.25) is 0 Å². The molecule has 4 aromatic rings. The summed E-state index contributed by atoms with van der Waals surface area (Å²) in [5, 5.41) is 1.91. The van der Waals surface area contributed by atoms with E-state index in [4.69, 9.17) is 13.7 Å². The van der Waals surface area contributed by atoms with Gasteiger partial charge in [-0.05, 0) is 55.0 Å². The van der Waals surface area contributed by atoms with Gasteiger partial charge in [-0.15, -0.1) is 0 Å². The monoisotopic (exact) mass is 385 g/mol. The van der Waals surface area contributed by atoms with Gasteiger partial charge in [-0.25, -0.2) is 4.85 Å². The Morgan fingerprint density at radius 3 is 2.48 bits per heavy atom. The van der Waals surface area contributed by atoms with Crippen molar-refractivity contribution in [3.8, 4) is 11.3 Å². The average molecular weight is 386 g/mol. The largest absolute Gasteiger partial charge is 0.455 e. The van der Waals surface area contributed by atoms with Gasteiger partial charge < -0.3 is 4.42 Å². The number of fused-ring (bicyclic) bond motifs is 3. The minimum Gasteiger partial charge on any atom is -0.455 e. The van der Waals surface area contributed by atoms with Gasteiger partial charge in [0.2, 0.25) is 5.69 Å². The fourth-order valence-corrected chi connectivity index (χ4v) is 4.03. The van der Waals surface area contributed by atoms with Crippen LogP contribution in [0.3, 0.4) is 0 Å². The Bertz CT molecular complexity index is 1390. The first-order valence-electron chi connectivity index (χ1n) is 10.9. The number of benzene rings is 2. The molecule has 2 aromatic heterocycles. The minimum absolute atomic E-state index is 0.148. The Morgan fingerprint density at radius 1 is 1.03 bits per heavy atom. The third kappa shape index (κ3) is 3.19. The van der Waals surface area contributed by atoms with Crippen molar-refractivity contribution in [1.82, 2.24) is 0 Å². The van der Waals surface area contributed by atoms with Crippen molar-refractivity contribution < 1.29 is 11.7 Å². The van der Waals surface area contributed by atoms with E-state index in [9.17, 15) is 0 Å². The second-order valence-corrected chi connectivity index (χ2v) is 8.12. The Hall–Kier alpha value is -3.12. The Labute approximate surface area is 175 Å². The molecule has 3 nitrogen and oxygen atoms in total. The summed E-state index contributed by atoms with van der Waals surface area (Å²) in [6, 6.07) is 11.8. The summed E-state index contributed by atoms with van der Waals surface area (Å²) < 4.78 is 25.8. The predicted molar refractivity (Wildman–Crippen MR) is 119 cm³/mol. The second-order valence-electron chi connectivity index (χ2n) is 8.12. The highest BCUT2D eigenvalue weighted by Gasteiger charge is 2.23. The van der Waals surface area contributed by atoms with Crippen LogP contribution >= 0.6 is 0 Å².